The number of carbonyl (C=O) groups is 1. The molecule has 0 saturated heterocycles. The van der Waals surface area contributed by atoms with E-state index >= 15 is 0 Å². The first-order valence-electron chi connectivity index (χ1n) is 9.33. The van der Waals surface area contributed by atoms with E-state index in [9.17, 15) is 4.79 Å². The number of esters is 1. The Morgan fingerprint density at radius 3 is 2.69 bits per heavy atom. The minimum atomic E-state index is -0.332. The van der Waals surface area contributed by atoms with Crippen molar-refractivity contribution in [3.8, 4) is 5.75 Å². The first-order valence-corrected chi connectivity index (χ1v) is 9.33. The highest BCUT2D eigenvalue weighted by Crippen LogP contribution is 2.29. The number of nitrogens with one attached hydrogen (secondary N) is 1. The largest absolute Gasteiger partial charge is 0.482 e. The average Bonchev–Trinajstić information content (AvgIpc) is 2.66. The van der Waals surface area contributed by atoms with Crippen LogP contribution in [0.5, 0.6) is 5.75 Å². The van der Waals surface area contributed by atoms with E-state index in [0.29, 0.717) is 18.6 Å². The third-order valence-electron chi connectivity index (χ3n) is 4.92. The van der Waals surface area contributed by atoms with E-state index in [1.165, 1.54) is 16.7 Å². The first kappa shape index (κ1) is 18.5. The zero-order valence-corrected chi connectivity index (χ0v) is 15.5. The van der Waals surface area contributed by atoms with Gasteiger partial charge in [0.2, 0.25) is 0 Å². The summed E-state index contributed by atoms with van der Waals surface area (Å²) in [5.74, 6) is 0.979. The minimum Gasteiger partial charge on any atom is -0.482 e. The summed E-state index contributed by atoms with van der Waals surface area (Å²) < 4.78 is 10.5. The lowest BCUT2D eigenvalue weighted by atomic mass is 9.81. The molecule has 2 aromatic rings. The van der Waals surface area contributed by atoms with Gasteiger partial charge in [0.1, 0.15) is 5.75 Å². The molecular weight excluding hydrogens is 326 g/mol. The van der Waals surface area contributed by atoms with E-state index in [0.717, 1.165) is 25.1 Å². The second-order valence-electron chi connectivity index (χ2n) is 6.88. The van der Waals surface area contributed by atoms with Gasteiger partial charge in [0, 0.05) is 12.6 Å². The summed E-state index contributed by atoms with van der Waals surface area (Å²) in [6.07, 6.45) is 2.03. The van der Waals surface area contributed by atoms with Gasteiger partial charge in [-0.05, 0) is 54.5 Å². The Kier molecular flexibility index (Phi) is 6.29. The standard InChI is InChI=1S/C22H27NO3/c1-3-25-22(24)15-26-20-10-9-18-11-16(2)21(13-19(18)12-20)23-14-17-7-5-4-6-8-17/h4-10,12,16,21,23H,3,11,13-15H2,1-2H3/t16-,21-/m0/s1. The highest BCUT2D eigenvalue weighted by atomic mass is 16.6. The normalized spacial score (nSPS) is 18.8. The van der Waals surface area contributed by atoms with Gasteiger partial charge in [-0.1, -0.05) is 43.3 Å². The summed E-state index contributed by atoms with van der Waals surface area (Å²) >= 11 is 0. The Labute approximate surface area is 155 Å². The van der Waals surface area contributed by atoms with Crippen LogP contribution in [0.1, 0.15) is 30.5 Å². The van der Waals surface area contributed by atoms with Gasteiger partial charge in [-0.15, -0.1) is 0 Å². The molecule has 1 aliphatic carbocycles. The number of benzene rings is 2. The summed E-state index contributed by atoms with van der Waals surface area (Å²) in [7, 11) is 0. The molecule has 0 heterocycles. The molecule has 2 aromatic carbocycles. The van der Waals surface area contributed by atoms with Crippen LogP contribution in [-0.4, -0.2) is 25.2 Å². The Balaban J connectivity index is 1.61. The average molecular weight is 353 g/mol. The smallest absolute Gasteiger partial charge is 0.344 e. The maximum Gasteiger partial charge on any atom is 0.344 e. The van der Waals surface area contributed by atoms with Crippen LogP contribution in [0.2, 0.25) is 0 Å². The van der Waals surface area contributed by atoms with E-state index in [-0.39, 0.29) is 12.6 Å². The van der Waals surface area contributed by atoms with Crippen molar-refractivity contribution < 1.29 is 14.3 Å². The highest BCUT2D eigenvalue weighted by Gasteiger charge is 2.25. The molecule has 0 unspecified atom stereocenters. The lowest BCUT2D eigenvalue weighted by Crippen LogP contribution is -2.40. The molecule has 1 aliphatic rings. The second-order valence-corrected chi connectivity index (χ2v) is 6.88. The molecule has 0 spiro atoms. The predicted molar refractivity (Wildman–Crippen MR) is 102 cm³/mol. The molecule has 0 amide bonds. The van der Waals surface area contributed by atoms with E-state index in [4.69, 9.17) is 9.47 Å². The van der Waals surface area contributed by atoms with Gasteiger partial charge in [0.25, 0.3) is 0 Å². The van der Waals surface area contributed by atoms with Crippen molar-refractivity contribution in [2.24, 2.45) is 5.92 Å². The van der Waals surface area contributed by atoms with Crippen LogP contribution in [-0.2, 0) is 28.9 Å². The van der Waals surface area contributed by atoms with Crippen molar-refractivity contribution in [2.45, 2.75) is 39.3 Å². The molecule has 138 valence electrons. The van der Waals surface area contributed by atoms with Crippen LogP contribution in [0.3, 0.4) is 0 Å². The molecule has 4 nitrogen and oxygen atoms in total. The number of hydrogen-bond donors (Lipinski definition) is 1. The monoisotopic (exact) mass is 353 g/mol. The number of hydrogen-bond acceptors (Lipinski definition) is 4. The van der Waals surface area contributed by atoms with Crippen molar-refractivity contribution in [3.05, 3.63) is 65.2 Å². The quantitative estimate of drug-likeness (QED) is 0.774. The highest BCUT2D eigenvalue weighted by molar-refractivity contribution is 5.71. The van der Waals surface area contributed by atoms with E-state index in [2.05, 4.69) is 48.6 Å². The Hall–Kier alpha value is -2.33. The second kappa shape index (κ2) is 8.86. The molecule has 2 atom stereocenters. The van der Waals surface area contributed by atoms with Crippen LogP contribution in [0, 0.1) is 5.92 Å². The molecule has 0 fully saturated rings. The fourth-order valence-corrected chi connectivity index (χ4v) is 3.47. The van der Waals surface area contributed by atoms with Crippen molar-refractivity contribution in [2.75, 3.05) is 13.2 Å². The van der Waals surface area contributed by atoms with Crippen LogP contribution in [0.4, 0.5) is 0 Å². The third kappa shape index (κ3) is 4.85. The van der Waals surface area contributed by atoms with E-state index in [1.807, 2.05) is 12.1 Å². The van der Waals surface area contributed by atoms with Crippen molar-refractivity contribution in [1.82, 2.24) is 5.32 Å². The first-order chi connectivity index (χ1) is 12.7. The summed E-state index contributed by atoms with van der Waals surface area (Å²) in [5, 5.41) is 3.70. The van der Waals surface area contributed by atoms with Gasteiger partial charge in [0.05, 0.1) is 6.61 Å². The lowest BCUT2D eigenvalue weighted by molar-refractivity contribution is -0.145. The maximum absolute atomic E-state index is 11.5. The summed E-state index contributed by atoms with van der Waals surface area (Å²) in [5.41, 5.74) is 3.98. The fourth-order valence-electron chi connectivity index (χ4n) is 3.47. The lowest BCUT2D eigenvalue weighted by Gasteiger charge is -2.32. The molecule has 0 radical (unpaired) electrons. The van der Waals surface area contributed by atoms with Crippen molar-refractivity contribution in [3.63, 3.8) is 0 Å². The van der Waals surface area contributed by atoms with Crippen LogP contribution in [0.15, 0.2) is 48.5 Å². The minimum absolute atomic E-state index is 0.0429. The molecule has 0 saturated carbocycles. The van der Waals surface area contributed by atoms with Gasteiger partial charge in [-0.25, -0.2) is 4.79 Å². The number of carbonyl (C=O) groups excluding carboxylic acids is 1. The number of rotatable bonds is 7. The van der Waals surface area contributed by atoms with Crippen molar-refractivity contribution in [1.29, 1.82) is 0 Å². The molecule has 0 bridgehead atoms. The Morgan fingerprint density at radius 2 is 1.92 bits per heavy atom. The molecule has 4 heteroatoms. The molecule has 0 aliphatic heterocycles. The van der Waals surface area contributed by atoms with E-state index < -0.39 is 0 Å². The van der Waals surface area contributed by atoms with E-state index in [1.54, 1.807) is 6.92 Å². The fraction of sp³-hybridized carbons (Fsp3) is 0.409. The zero-order valence-electron chi connectivity index (χ0n) is 15.5. The predicted octanol–water partition coefficient (Wildman–Crippen LogP) is 3.52. The molecule has 0 aromatic heterocycles. The summed E-state index contributed by atoms with van der Waals surface area (Å²) in [4.78, 5) is 11.5. The van der Waals surface area contributed by atoms with Crippen LogP contribution >= 0.6 is 0 Å². The summed E-state index contributed by atoms with van der Waals surface area (Å²) in [6.45, 7) is 5.30. The molecule has 26 heavy (non-hydrogen) atoms. The van der Waals surface area contributed by atoms with Gasteiger partial charge in [0.15, 0.2) is 6.61 Å². The molecular formula is C22H27NO3. The van der Waals surface area contributed by atoms with Gasteiger partial charge >= 0.3 is 5.97 Å². The SMILES string of the molecule is CCOC(=O)COc1ccc2c(c1)C[C@H](NCc1ccccc1)[C@@H](C)C2. The third-order valence-corrected chi connectivity index (χ3v) is 4.92. The number of fused-ring (bicyclic) bond motifs is 1. The van der Waals surface area contributed by atoms with Crippen LogP contribution < -0.4 is 10.1 Å². The topological polar surface area (TPSA) is 47.6 Å². The van der Waals surface area contributed by atoms with Gasteiger partial charge in [-0.2, -0.15) is 0 Å². The molecule has 3 rings (SSSR count). The Morgan fingerprint density at radius 1 is 1.12 bits per heavy atom. The molecule has 1 N–H and O–H groups in total. The van der Waals surface area contributed by atoms with Crippen molar-refractivity contribution >= 4 is 5.97 Å². The van der Waals surface area contributed by atoms with Crippen LogP contribution in [0.25, 0.3) is 0 Å². The number of ether oxygens (including phenoxy) is 2. The zero-order chi connectivity index (χ0) is 18.4. The van der Waals surface area contributed by atoms with Gasteiger partial charge in [-0.3, -0.25) is 0 Å². The van der Waals surface area contributed by atoms with Gasteiger partial charge < -0.3 is 14.8 Å². The summed E-state index contributed by atoms with van der Waals surface area (Å²) in [6, 6.07) is 17.1. The Bertz CT molecular complexity index is 729. The maximum atomic E-state index is 11.5.